The number of quaternary nitrogens is 1. The Kier molecular flexibility index (Phi) is 3.91. The molecule has 3 heterocycles. The first-order valence-electron chi connectivity index (χ1n) is 8.89. The molecule has 2 aromatic carbocycles. The summed E-state index contributed by atoms with van der Waals surface area (Å²) in [6, 6.07) is 14.9. The molecule has 2 atom stereocenters. The number of hydrogen-bond donors (Lipinski definition) is 2. The first-order chi connectivity index (χ1) is 13.2. The Morgan fingerprint density at radius 3 is 2.81 bits per heavy atom. The SMILES string of the molecule is Oc1c([C@H](c2cccc(F)c2)[NH+]2CCc3ccccc3C2)sc2ncnn12. The van der Waals surface area contributed by atoms with Crippen molar-refractivity contribution in [2.75, 3.05) is 6.54 Å². The van der Waals surface area contributed by atoms with E-state index in [0.717, 1.165) is 30.0 Å². The average Bonchev–Trinajstić information content (AvgIpc) is 3.26. The molecule has 27 heavy (non-hydrogen) atoms. The summed E-state index contributed by atoms with van der Waals surface area (Å²) in [5.41, 5.74) is 3.52. The van der Waals surface area contributed by atoms with Crippen LogP contribution in [0.15, 0.2) is 54.9 Å². The minimum Gasteiger partial charge on any atom is -0.492 e. The van der Waals surface area contributed by atoms with Gasteiger partial charge in [-0.25, -0.2) is 9.37 Å². The van der Waals surface area contributed by atoms with Crippen LogP contribution in [0.4, 0.5) is 4.39 Å². The van der Waals surface area contributed by atoms with E-state index >= 15 is 0 Å². The third-order valence-electron chi connectivity index (χ3n) is 5.24. The van der Waals surface area contributed by atoms with E-state index in [1.807, 2.05) is 6.07 Å². The molecule has 0 fully saturated rings. The van der Waals surface area contributed by atoms with Gasteiger partial charge in [0.15, 0.2) is 6.04 Å². The van der Waals surface area contributed by atoms with Crippen molar-refractivity contribution in [3.8, 4) is 5.88 Å². The molecule has 5 rings (SSSR count). The fourth-order valence-electron chi connectivity index (χ4n) is 3.99. The molecular formula is C20H18FN4OS+. The number of halogens is 1. The van der Waals surface area contributed by atoms with Crippen LogP contribution in [0, 0.1) is 5.82 Å². The molecule has 0 amide bonds. The van der Waals surface area contributed by atoms with Crippen molar-refractivity contribution < 1.29 is 14.4 Å². The van der Waals surface area contributed by atoms with Crippen molar-refractivity contribution in [3.05, 3.63) is 82.2 Å². The highest BCUT2D eigenvalue weighted by atomic mass is 32.1. The van der Waals surface area contributed by atoms with E-state index in [2.05, 4.69) is 34.3 Å². The van der Waals surface area contributed by atoms with Gasteiger partial charge in [0.05, 0.1) is 6.54 Å². The molecule has 0 aliphatic carbocycles. The Labute approximate surface area is 159 Å². The Morgan fingerprint density at radius 2 is 2.00 bits per heavy atom. The number of nitrogens with zero attached hydrogens (tertiary/aromatic N) is 3. The largest absolute Gasteiger partial charge is 0.492 e. The molecule has 7 heteroatoms. The van der Waals surface area contributed by atoms with Crippen LogP contribution >= 0.6 is 11.3 Å². The lowest BCUT2D eigenvalue weighted by atomic mass is 9.95. The van der Waals surface area contributed by atoms with E-state index in [1.165, 1.54) is 44.3 Å². The van der Waals surface area contributed by atoms with E-state index < -0.39 is 0 Å². The fourth-order valence-corrected chi connectivity index (χ4v) is 5.10. The highest BCUT2D eigenvalue weighted by Crippen LogP contribution is 2.35. The Hall–Kier alpha value is -2.77. The van der Waals surface area contributed by atoms with Gasteiger partial charge in [0.1, 0.15) is 23.6 Å². The van der Waals surface area contributed by atoms with E-state index in [4.69, 9.17) is 0 Å². The molecule has 136 valence electrons. The summed E-state index contributed by atoms with van der Waals surface area (Å²) in [5.74, 6) is -0.179. The van der Waals surface area contributed by atoms with Crippen molar-refractivity contribution in [1.29, 1.82) is 0 Å². The lowest BCUT2D eigenvalue weighted by Crippen LogP contribution is -3.12. The number of benzene rings is 2. The zero-order valence-corrected chi connectivity index (χ0v) is 15.3. The molecule has 0 saturated carbocycles. The number of nitrogens with one attached hydrogen (secondary N) is 1. The monoisotopic (exact) mass is 381 g/mol. The van der Waals surface area contributed by atoms with Gasteiger partial charge in [0.2, 0.25) is 10.8 Å². The molecule has 2 aromatic heterocycles. The standard InChI is InChI=1S/C20H17FN4OS/c21-16-7-3-6-14(10-16)17(18-19(26)25-20(27-18)22-12-23-25)24-9-8-13-4-1-2-5-15(13)11-24/h1-7,10,12,17,26H,8-9,11H2/p+1/t17-/m0/s1. The minimum atomic E-state index is -0.270. The molecule has 1 aliphatic rings. The molecule has 0 spiro atoms. The second-order valence-corrected chi connectivity index (χ2v) is 7.85. The molecule has 2 N–H and O–H groups in total. The Bertz CT molecular complexity index is 1120. The van der Waals surface area contributed by atoms with Crippen molar-refractivity contribution in [2.45, 2.75) is 19.0 Å². The van der Waals surface area contributed by atoms with Crippen LogP contribution in [-0.4, -0.2) is 26.2 Å². The van der Waals surface area contributed by atoms with Gasteiger partial charge in [0, 0.05) is 17.5 Å². The zero-order chi connectivity index (χ0) is 18.4. The van der Waals surface area contributed by atoms with Crippen LogP contribution in [0.25, 0.3) is 4.96 Å². The topological polar surface area (TPSA) is 54.9 Å². The smallest absolute Gasteiger partial charge is 0.235 e. The predicted molar refractivity (Wildman–Crippen MR) is 100 cm³/mol. The summed E-state index contributed by atoms with van der Waals surface area (Å²) < 4.78 is 15.4. The van der Waals surface area contributed by atoms with Crippen LogP contribution in [0.5, 0.6) is 5.88 Å². The number of hydrogen-bond acceptors (Lipinski definition) is 4. The summed E-state index contributed by atoms with van der Waals surface area (Å²) in [6.07, 6.45) is 2.38. The lowest BCUT2D eigenvalue weighted by Gasteiger charge is -2.32. The highest BCUT2D eigenvalue weighted by Gasteiger charge is 2.34. The van der Waals surface area contributed by atoms with Gasteiger partial charge in [0.25, 0.3) is 0 Å². The quantitative estimate of drug-likeness (QED) is 0.573. The molecule has 1 aliphatic heterocycles. The summed E-state index contributed by atoms with van der Waals surface area (Å²) in [4.78, 5) is 6.89. The van der Waals surface area contributed by atoms with Crippen LogP contribution in [0.1, 0.15) is 27.6 Å². The maximum absolute atomic E-state index is 14.0. The highest BCUT2D eigenvalue weighted by molar-refractivity contribution is 7.17. The van der Waals surface area contributed by atoms with Crippen LogP contribution < -0.4 is 4.90 Å². The molecule has 0 radical (unpaired) electrons. The summed E-state index contributed by atoms with van der Waals surface area (Å²) in [7, 11) is 0. The summed E-state index contributed by atoms with van der Waals surface area (Å²) in [6.45, 7) is 1.73. The summed E-state index contributed by atoms with van der Waals surface area (Å²) in [5, 5.41) is 14.9. The number of fused-ring (bicyclic) bond motifs is 2. The van der Waals surface area contributed by atoms with Crippen molar-refractivity contribution in [2.24, 2.45) is 0 Å². The number of thiazole rings is 1. The van der Waals surface area contributed by atoms with Gasteiger partial charge in [-0.05, 0) is 17.7 Å². The van der Waals surface area contributed by atoms with Gasteiger partial charge in [-0.15, -0.1) is 0 Å². The van der Waals surface area contributed by atoms with Crippen LogP contribution in [0.2, 0.25) is 0 Å². The molecule has 0 saturated heterocycles. The van der Waals surface area contributed by atoms with Crippen molar-refractivity contribution in [3.63, 3.8) is 0 Å². The normalized spacial score (nSPS) is 17.7. The van der Waals surface area contributed by atoms with Gasteiger partial charge in [-0.2, -0.15) is 9.61 Å². The average molecular weight is 381 g/mol. The van der Waals surface area contributed by atoms with E-state index in [1.54, 1.807) is 12.1 Å². The third kappa shape index (κ3) is 2.79. The number of aromatic hydroxyl groups is 1. The van der Waals surface area contributed by atoms with E-state index in [9.17, 15) is 9.50 Å². The van der Waals surface area contributed by atoms with Crippen molar-refractivity contribution >= 4 is 16.3 Å². The second kappa shape index (κ2) is 6.44. The zero-order valence-electron chi connectivity index (χ0n) is 14.5. The molecule has 5 nitrogen and oxygen atoms in total. The predicted octanol–water partition coefficient (Wildman–Crippen LogP) is 2.37. The van der Waals surface area contributed by atoms with Gasteiger partial charge < -0.3 is 10.0 Å². The fraction of sp³-hybridized carbons (Fsp3) is 0.200. The number of aromatic nitrogens is 3. The maximum Gasteiger partial charge on any atom is 0.235 e. The number of rotatable bonds is 3. The Morgan fingerprint density at radius 1 is 1.15 bits per heavy atom. The van der Waals surface area contributed by atoms with Crippen molar-refractivity contribution in [1.82, 2.24) is 14.6 Å². The molecule has 4 aromatic rings. The van der Waals surface area contributed by atoms with Crippen LogP contribution in [0.3, 0.4) is 0 Å². The second-order valence-electron chi connectivity index (χ2n) is 6.84. The van der Waals surface area contributed by atoms with E-state index in [-0.39, 0.29) is 17.7 Å². The van der Waals surface area contributed by atoms with Gasteiger partial charge in [-0.1, -0.05) is 47.7 Å². The molecule has 0 bridgehead atoms. The third-order valence-corrected chi connectivity index (χ3v) is 6.34. The first kappa shape index (κ1) is 16.4. The molecular weight excluding hydrogens is 363 g/mol. The van der Waals surface area contributed by atoms with Crippen LogP contribution in [-0.2, 0) is 13.0 Å². The molecule has 1 unspecified atom stereocenters. The van der Waals surface area contributed by atoms with E-state index in [0.29, 0.717) is 4.96 Å². The van der Waals surface area contributed by atoms with Gasteiger partial charge in [-0.3, -0.25) is 0 Å². The lowest BCUT2D eigenvalue weighted by molar-refractivity contribution is -0.940. The summed E-state index contributed by atoms with van der Waals surface area (Å²) >= 11 is 1.41. The first-order valence-corrected chi connectivity index (χ1v) is 9.70. The minimum absolute atomic E-state index is 0.0909. The van der Waals surface area contributed by atoms with Gasteiger partial charge >= 0.3 is 0 Å². The Balaban J connectivity index is 1.63. The maximum atomic E-state index is 14.0.